The summed E-state index contributed by atoms with van der Waals surface area (Å²) in [6, 6.07) is 0. The van der Waals surface area contributed by atoms with Gasteiger partial charge in [-0.05, 0) is 26.9 Å². The lowest BCUT2D eigenvalue weighted by molar-refractivity contribution is 0.0868. The van der Waals surface area contributed by atoms with E-state index in [1.807, 2.05) is 6.08 Å². The van der Waals surface area contributed by atoms with E-state index in [1.165, 1.54) is 0 Å². The van der Waals surface area contributed by atoms with Gasteiger partial charge in [0.15, 0.2) is 8.32 Å². The molecule has 26 heavy (non-hydrogen) atoms. The van der Waals surface area contributed by atoms with Crippen molar-refractivity contribution in [1.29, 1.82) is 0 Å². The Morgan fingerprint density at radius 3 is 1.77 bits per heavy atom. The van der Waals surface area contributed by atoms with E-state index in [0.717, 1.165) is 17.8 Å². The molecule has 0 aromatic heterocycles. The highest BCUT2D eigenvalue weighted by Gasteiger charge is 2.40. The smallest absolute Gasteiger partial charge is 0.199 e. The summed E-state index contributed by atoms with van der Waals surface area (Å²) in [6.45, 7) is 26.6. The van der Waals surface area contributed by atoms with E-state index in [0.29, 0.717) is 0 Å². The van der Waals surface area contributed by atoms with Crippen molar-refractivity contribution in [2.45, 2.75) is 84.7 Å². The van der Waals surface area contributed by atoms with Gasteiger partial charge in [-0.25, -0.2) is 0 Å². The Balaban J connectivity index is 6.12. The third-order valence-electron chi connectivity index (χ3n) is 3.44. The van der Waals surface area contributed by atoms with Crippen molar-refractivity contribution < 1.29 is 4.43 Å². The van der Waals surface area contributed by atoms with Crippen LogP contribution < -0.4 is 0 Å². The van der Waals surface area contributed by atoms with Gasteiger partial charge in [0.25, 0.3) is 0 Å². The predicted molar refractivity (Wildman–Crippen MR) is 131 cm³/mol. The molecule has 0 saturated heterocycles. The van der Waals surface area contributed by atoms with Crippen LogP contribution in [0.1, 0.15) is 26.7 Å². The zero-order valence-electron chi connectivity index (χ0n) is 18.7. The highest BCUT2D eigenvalue weighted by Crippen LogP contribution is 2.35. The summed E-state index contributed by atoms with van der Waals surface area (Å²) in [6.07, 6.45) is 3.51. The normalized spacial score (nSPS) is 15.2. The van der Waals surface area contributed by atoms with Gasteiger partial charge in [-0.2, -0.15) is 0 Å². The molecule has 0 N–H and O–H groups in total. The lowest BCUT2D eigenvalue weighted by Crippen LogP contribution is -2.47. The van der Waals surface area contributed by atoms with Crippen LogP contribution in [0.5, 0.6) is 0 Å². The van der Waals surface area contributed by atoms with Crippen molar-refractivity contribution in [1.82, 2.24) is 0 Å². The molecule has 0 rings (SSSR count). The Labute approximate surface area is 175 Å². The zero-order chi connectivity index (χ0) is 20.9. The molecule has 1 atom stereocenters. The molecule has 0 aliphatic rings. The van der Waals surface area contributed by atoms with Gasteiger partial charge in [0.05, 0.1) is 0 Å². The molecule has 0 aliphatic carbocycles. The third-order valence-corrected chi connectivity index (χ3v) is 10.8. The Kier molecular flexibility index (Phi) is 9.42. The summed E-state index contributed by atoms with van der Waals surface area (Å²) in [7, 11) is -4.78. The second-order valence-electron chi connectivity index (χ2n) is 10.5. The average molecular weight is 472 g/mol. The second kappa shape index (κ2) is 9.43. The fourth-order valence-electron chi connectivity index (χ4n) is 2.48. The molecular formula is C21H39BrOSi3. The molecule has 0 aliphatic heterocycles. The first-order chi connectivity index (χ1) is 11.4. The number of halogens is 1. The van der Waals surface area contributed by atoms with Gasteiger partial charge in [0.2, 0.25) is 0 Å². The van der Waals surface area contributed by atoms with Crippen LogP contribution >= 0.6 is 15.9 Å². The van der Waals surface area contributed by atoms with Crippen LogP contribution in [-0.4, -0.2) is 35.0 Å². The van der Waals surface area contributed by atoms with Crippen LogP contribution in [0.3, 0.4) is 0 Å². The van der Waals surface area contributed by atoms with E-state index in [-0.39, 0.29) is 5.41 Å². The SMILES string of the molecule is C=CCC(C#C[Si](C)(C)C)(CC(C)(C)C#C[Si](C)(C)C)O[Si](C)(C)CBr. The maximum Gasteiger partial charge on any atom is 0.199 e. The van der Waals surface area contributed by atoms with Crippen LogP contribution in [0.2, 0.25) is 52.4 Å². The van der Waals surface area contributed by atoms with Gasteiger partial charge in [-0.15, -0.1) is 23.6 Å². The maximum absolute atomic E-state index is 6.79. The van der Waals surface area contributed by atoms with Crippen LogP contribution in [0.15, 0.2) is 12.7 Å². The Hall–Kier alpha value is -0.0494. The van der Waals surface area contributed by atoms with Crippen LogP contribution in [-0.2, 0) is 4.43 Å². The summed E-state index contributed by atoms with van der Waals surface area (Å²) in [5.74, 6) is 7.15. The highest BCUT2D eigenvalue weighted by molar-refractivity contribution is 9.09. The molecule has 1 nitrogen and oxygen atoms in total. The predicted octanol–water partition coefficient (Wildman–Crippen LogP) is 6.64. The van der Waals surface area contributed by atoms with Crippen molar-refractivity contribution in [2.24, 2.45) is 5.41 Å². The fraction of sp³-hybridized carbons (Fsp3) is 0.714. The number of alkyl halides is 1. The summed E-state index contributed by atoms with van der Waals surface area (Å²) in [5.41, 5.74) is 6.48. The minimum Gasteiger partial charge on any atom is -0.400 e. The van der Waals surface area contributed by atoms with Crippen LogP contribution in [0.25, 0.3) is 0 Å². The van der Waals surface area contributed by atoms with Gasteiger partial charge < -0.3 is 4.43 Å². The molecule has 0 spiro atoms. The van der Waals surface area contributed by atoms with E-state index in [1.54, 1.807) is 0 Å². The van der Waals surface area contributed by atoms with Gasteiger partial charge in [-0.3, -0.25) is 0 Å². The van der Waals surface area contributed by atoms with Gasteiger partial charge in [0, 0.05) is 23.2 Å². The molecule has 0 bridgehead atoms. The largest absolute Gasteiger partial charge is 0.400 e. The molecule has 0 heterocycles. The standard InChI is InChI=1S/C21H39BrOSi3/c1-12-13-21(15-17-25(7,8)9,23-26(10,11)19-22)18-20(2,3)14-16-24(4,5)6/h12H,1,13,18-19H2,2-11H3. The summed E-state index contributed by atoms with van der Waals surface area (Å²) in [5, 5.41) is 0. The maximum atomic E-state index is 6.79. The first kappa shape index (κ1) is 26.0. The molecule has 0 amide bonds. The Morgan fingerprint density at radius 2 is 1.38 bits per heavy atom. The van der Waals surface area contributed by atoms with Crippen LogP contribution in [0.4, 0.5) is 0 Å². The molecule has 1 unspecified atom stereocenters. The minimum atomic E-state index is -1.86. The first-order valence-corrected chi connectivity index (χ1v) is 20.6. The Morgan fingerprint density at radius 1 is 0.923 bits per heavy atom. The lowest BCUT2D eigenvalue weighted by Gasteiger charge is -2.39. The topological polar surface area (TPSA) is 9.23 Å². The molecule has 5 heteroatoms. The van der Waals surface area contributed by atoms with E-state index >= 15 is 0 Å². The van der Waals surface area contributed by atoms with E-state index in [2.05, 4.69) is 112 Å². The minimum absolute atomic E-state index is 0.145. The van der Waals surface area contributed by atoms with Gasteiger partial charge in [-0.1, -0.05) is 67.2 Å². The highest BCUT2D eigenvalue weighted by atomic mass is 79.9. The fourth-order valence-corrected chi connectivity index (χ4v) is 5.45. The average Bonchev–Trinajstić information content (AvgIpc) is 2.41. The van der Waals surface area contributed by atoms with Crippen molar-refractivity contribution in [3.63, 3.8) is 0 Å². The number of hydrogen-bond donors (Lipinski definition) is 0. The first-order valence-electron chi connectivity index (χ1n) is 9.41. The number of hydrogen-bond acceptors (Lipinski definition) is 1. The molecule has 0 aromatic carbocycles. The molecule has 0 radical (unpaired) electrons. The van der Waals surface area contributed by atoms with Crippen molar-refractivity contribution in [3.8, 4) is 22.9 Å². The second-order valence-corrected chi connectivity index (χ2v) is 25.7. The monoisotopic (exact) mass is 470 g/mol. The molecule has 0 saturated carbocycles. The Bertz CT molecular complexity index is 604. The number of rotatable bonds is 7. The third kappa shape index (κ3) is 11.6. The molecular weight excluding hydrogens is 432 g/mol. The summed E-state index contributed by atoms with van der Waals surface area (Å²) < 4.78 is 6.79. The van der Waals surface area contributed by atoms with Gasteiger partial charge >= 0.3 is 0 Å². The quantitative estimate of drug-likeness (QED) is 0.175. The molecule has 148 valence electrons. The molecule has 0 aromatic rings. The lowest BCUT2D eigenvalue weighted by atomic mass is 9.80. The van der Waals surface area contributed by atoms with E-state index in [9.17, 15) is 0 Å². The van der Waals surface area contributed by atoms with Gasteiger partial charge in [0.1, 0.15) is 21.7 Å². The van der Waals surface area contributed by atoms with Crippen molar-refractivity contribution >= 4 is 40.4 Å². The van der Waals surface area contributed by atoms with E-state index in [4.69, 9.17) is 4.43 Å². The molecule has 0 fully saturated rings. The zero-order valence-corrected chi connectivity index (χ0v) is 23.3. The summed E-state index contributed by atoms with van der Waals surface area (Å²) >= 11 is 3.65. The summed E-state index contributed by atoms with van der Waals surface area (Å²) in [4.78, 5) is 0.897. The van der Waals surface area contributed by atoms with Crippen LogP contribution in [0, 0.1) is 28.3 Å². The van der Waals surface area contributed by atoms with Crippen molar-refractivity contribution in [2.75, 3.05) is 4.95 Å². The van der Waals surface area contributed by atoms with Crippen molar-refractivity contribution in [3.05, 3.63) is 12.7 Å². The van der Waals surface area contributed by atoms with E-state index < -0.39 is 30.1 Å².